The number of nitrogens with zero attached hydrogens (tertiary/aromatic N) is 8. The lowest BCUT2D eigenvalue weighted by atomic mass is 10.2. The Morgan fingerprint density at radius 1 is 0.292 bits per heavy atom. The number of rotatable bonds is 3. The molecule has 10 rings (SSSR count). The Labute approximate surface area is 436 Å². The van der Waals surface area contributed by atoms with Crippen molar-refractivity contribution in [3.8, 4) is 0 Å². The molecule has 0 aliphatic heterocycles. The first-order chi connectivity index (χ1) is 34.7. The number of aromatic nitrogens is 5. The van der Waals surface area contributed by atoms with Crippen LogP contribution < -0.4 is 0 Å². The van der Waals surface area contributed by atoms with Gasteiger partial charge in [0.2, 0.25) is 0 Å². The van der Waals surface area contributed by atoms with Gasteiger partial charge in [-0.25, -0.2) is 9.97 Å². The Balaban J connectivity index is 0.000000426. The normalized spacial score (nSPS) is 9.96. The summed E-state index contributed by atoms with van der Waals surface area (Å²) in [5.74, 6) is 0. The minimum atomic E-state index is 1.14. The summed E-state index contributed by atoms with van der Waals surface area (Å²) < 4.78 is 6.72. The quantitative estimate of drug-likeness (QED) is 0.177. The summed E-state index contributed by atoms with van der Waals surface area (Å²) in [4.78, 5) is 13.7. The predicted octanol–water partition coefficient (Wildman–Crippen LogP) is 16.4. The molecule has 0 aliphatic rings. The number of para-hydroxylation sites is 6. The average molecular weight is 976 g/mol. The van der Waals surface area contributed by atoms with Crippen molar-refractivity contribution in [1.82, 2.24) is 38.4 Å². The van der Waals surface area contributed by atoms with Gasteiger partial charge in [-0.05, 0) is 104 Å². The standard InChI is InChI=1S/3C13H11N.C4H4N2.3C4H11N.3C3H8/c3*1-14-12-8-4-2-6-10(12)11-7-3-5-9-13(11)14;1-2-5-4-6-3-1;3*1-4-5(2)3;3*1-3-2/h3*2-9H,1H3;1-4H;3*4H2,1-3H3;3*3H2,1-2H3. The van der Waals surface area contributed by atoms with Crippen LogP contribution in [0.15, 0.2) is 170 Å². The number of hydrogen-bond acceptors (Lipinski definition) is 5. The SMILES string of the molecule is CCC.CCC.CCC.CCN(C)C.CCN(C)C.CCN(C)C.Cn1c2ccccc2c2ccccc21.Cn1c2ccccc2c2ccccc21.Cn1c2ccccc2c2ccccc21.c1cncnc1. The van der Waals surface area contributed by atoms with Gasteiger partial charge in [0.25, 0.3) is 0 Å². The van der Waals surface area contributed by atoms with Crippen molar-refractivity contribution in [3.63, 3.8) is 0 Å². The van der Waals surface area contributed by atoms with Crippen LogP contribution in [0, 0.1) is 0 Å². The summed E-state index contributed by atoms with van der Waals surface area (Å²) in [6, 6.07) is 52.9. The lowest BCUT2D eigenvalue weighted by Crippen LogP contribution is -2.08. The third-order valence-corrected chi connectivity index (χ3v) is 10.8. The molecule has 8 nitrogen and oxygen atoms in total. The van der Waals surface area contributed by atoms with Crippen molar-refractivity contribution in [2.45, 2.75) is 81.6 Å². The van der Waals surface area contributed by atoms with Crippen molar-refractivity contribution in [2.24, 2.45) is 21.1 Å². The number of benzene rings is 6. The molecule has 0 N–H and O–H groups in total. The lowest BCUT2D eigenvalue weighted by molar-refractivity contribution is 0.434. The molecule has 0 radical (unpaired) electrons. The van der Waals surface area contributed by atoms with Crippen molar-refractivity contribution in [1.29, 1.82) is 0 Å². The van der Waals surface area contributed by atoms with E-state index in [4.69, 9.17) is 0 Å². The van der Waals surface area contributed by atoms with Gasteiger partial charge in [0.15, 0.2) is 0 Å². The van der Waals surface area contributed by atoms with Crippen molar-refractivity contribution in [3.05, 3.63) is 170 Å². The van der Waals surface area contributed by atoms with Crippen LogP contribution in [-0.4, -0.2) is 100 Å². The van der Waals surface area contributed by atoms with Crippen molar-refractivity contribution in [2.75, 3.05) is 61.9 Å². The van der Waals surface area contributed by atoms with Crippen LogP contribution >= 0.6 is 0 Å². The predicted molar refractivity (Wildman–Crippen MR) is 324 cm³/mol. The molecule has 0 saturated heterocycles. The lowest BCUT2D eigenvalue weighted by Gasteiger charge is -2.00. The van der Waals surface area contributed by atoms with Gasteiger partial charge < -0.3 is 28.4 Å². The van der Waals surface area contributed by atoms with E-state index in [0.29, 0.717) is 0 Å². The molecule has 0 aliphatic carbocycles. The molecule has 0 amide bonds. The second kappa shape index (κ2) is 37.5. The van der Waals surface area contributed by atoms with Crippen LogP contribution in [0.3, 0.4) is 0 Å². The monoisotopic (exact) mass is 975 g/mol. The summed E-state index contributed by atoms with van der Waals surface area (Å²) >= 11 is 0. The van der Waals surface area contributed by atoms with Crippen molar-refractivity contribution >= 4 is 65.4 Å². The van der Waals surface area contributed by atoms with Gasteiger partial charge in [0.1, 0.15) is 6.33 Å². The summed E-state index contributed by atoms with van der Waals surface area (Å²) in [6.45, 7) is 22.5. The van der Waals surface area contributed by atoms with E-state index in [1.165, 1.54) is 91.0 Å². The molecule has 8 heteroatoms. The summed E-state index contributed by atoms with van der Waals surface area (Å²) in [7, 11) is 18.7. The molecular weight excluding hydrogens is 881 g/mol. The van der Waals surface area contributed by atoms with E-state index in [0.717, 1.165) is 19.6 Å². The van der Waals surface area contributed by atoms with E-state index >= 15 is 0 Å². The molecule has 4 heterocycles. The number of aryl methyl sites for hydroxylation is 3. The zero-order chi connectivity index (χ0) is 53.8. The fourth-order valence-corrected chi connectivity index (χ4v) is 6.61. The minimum Gasteiger partial charge on any atom is -0.344 e. The average Bonchev–Trinajstić information content (AvgIpc) is 3.99. The van der Waals surface area contributed by atoms with Crippen molar-refractivity contribution < 1.29 is 0 Å². The molecule has 72 heavy (non-hydrogen) atoms. The van der Waals surface area contributed by atoms with Crippen LogP contribution in [-0.2, 0) is 21.1 Å². The highest BCUT2D eigenvalue weighted by atomic mass is 15.0. The topological polar surface area (TPSA) is 50.3 Å². The molecule has 0 saturated carbocycles. The number of fused-ring (bicyclic) bond motifs is 9. The van der Waals surface area contributed by atoms with E-state index in [9.17, 15) is 0 Å². The van der Waals surface area contributed by atoms with Crippen LogP contribution in [0.25, 0.3) is 65.4 Å². The Bertz CT molecular complexity index is 2410. The maximum absolute atomic E-state index is 3.67. The zero-order valence-electron chi connectivity index (χ0n) is 48.0. The molecule has 0 atom stereocenters. The minimum absolute atomic E-state index is 1.14. The summed E-state index contributed by atoms with van der Waals surface area (Å²) in [5.41, 5.74) is 7.80. The number of hydrogen-bond donors (Lipinski definition) is 0. The third-order valence-electron chi connectivity index (χ3n) is 10.8. The first-order valence-electron chi connectivity index (χ1n) is 26.1. The molecular formula is C64H94N8. The Hall–Kier alpha value is -6.32. The fourth-order valence-electron chi connectivity index (χ4n) is 6.61. The Morgan fingerprint density at radius 3 is 0.556 bits per heavy atom. The summed E-state index contributed by atoms with van der Waals surface area (Å²) in [5, 5.41) is 8.03. The van der Waals surface area contributed by atoms with E-state index in [2.05, 4.69) is 310 Å². The highest BCUT2D eigenvalue weighted by Gasteiger charge is 2.07. The maximum Gasteiger partial charge on any atom is 0.115 e. The zero-order valence-corrected chi connectivity index (χ0v) is 48.0. The fraction of sp³-hybridized carbons (Fsp3) is 0.375. The van der Waals surface area contributed by atoms with Crippen LogP contribution in [0.1, 0.15) is 81.6 Å². The molecule has 0 spiro atoms. The van der Waals surface area contributed by atoms with Crippen LogP contribution in [0.5, 0.6) is 0 Å². The van der Waals surface area contributed by atoms with E-state index in [-0.39, 0.29) is 0 Å². The third kappa shape index (κ3) is 21.6. The van der Waals surface area contributed by atoms with Crippen LogP contribution in [0.4, 0.5) is 0 Å². The van der Waals surface area contributed by atoms with Gasteiger partial charge in [-0.15, -0.1) is 0 Å². The second-order valence-corrected chi connectivity index (χ2v) is 18.0. The van der Waals surface area contributed by atoms with E-state index < -0.39 is 0 Å². The maximum atomic E-state index is 3.67. The molecule has 6 aromatic carbocycles. The Morgan fingerprint density at radius 2 is 0.444 bits per heavy atom. The Kier molecular flexibility index (Phi) is 33.1. The van der Waals surface area contributed by atoms with Gasteiger partial charge in [-0.3, -0.25) is 0 Å². The smallest absolute Gasteiger partial charge is 0.115 e. The molecule has 390 valence electrons. The van der Waals surface area contributed by atoms with Gasteiger partial charge >= 0.3 is 0 Å². The van der Waals surface area contributed by atoms with Gasteiger partial charge in [-0.2, -0.15) is 0 Å². The van der Waals surface area contributed by atoms with Gasteiger partial charge in [-0.1, -0.05) is 191 Å². The van der Waals surface area contributed by atoms with E-state index in [1.54, 1.807) is 18.5 Å². The molecule has 10 aromatic rings. The second-order valence-electron chi connectivity index (χ2n) is 18.0. The van der Waals surface area contributed by atoms with E-state index in [1.807, 2.05) is 0 Å². The van der Waals surface area contributed by atoms with Gasteiger partial charge in [0.05, 0.1) is 0 Å². The molecule has 4 aromatic heterocycles. The molecule has 0 fully saturated rings. The molecule has 0 bridgehead atoms. The highest BCUT2D eigenvalue weighted by Crippen LogP contribution is 2.29. The van der Waals surface area contributed by atoms with Gasteiger partial charge in [0, 0.05) is 99.0 Å². The first kappa shape index (κ1) is 63.7. The highest BCUT2D eigenvalue weighted by molar-refractivity contribution is 6.09. The largest absolute Gasteiger partial charge is 0.344 e. The first-order valence-corrected chi connectivity index (χ1v) is 26.1. The van der Waals surface area contributed by atoms with Crippen LogP contribution in [0.2, 0.25) is 0 Å². The summed E-state index contributed by atoms with van der Waals surface area (Å²) in [6.07, 6.45) is 8.62. The molecule has 0 unspecified atom stereocenters.